The van der Waals surface area contributed by atoms with Crippen LogP contribution in [0.5, 0.6) is 11.6 Å². The number of hydrogen-bond acceptors (Lipinski definition) is 8. The van der Waals surface area contributed by atoms with E-state index < -0.39 is 10.0 Å². The lowest BCUT2D eigenvalue weighted by Crippen LogP contribution is -2.26. The second-order valence-corrected chi connectivity index (χ2v) is 14.0. The van der Waals surface area contributed by atoms with Crippen molar-refractivity contribution in [2.75, 3.05) is 11.3 Å². The molecule has 0 radical (unpaired) electrons. The second kappa shape index (κ2) is 12.1. The first-order valence-corrected chi connectivity index (χ1v) is 16.7. The van der Waals surface area contributed by atoms with Crippen molar-refractivity contribution in [3.63, 3.8) is 0 Å². The SMILES string of the molecule is Cc1cccc(C)c1-c1nc2nc(c1C)OC[C@@H](CC1CC1)C(Cc1ncc(OC(C)C)cn1)c1cccc(c1)S(=O)(=O)N2. The number of sulfonamides is 1. The smallest absolute Gasteiger partial charge is 0.264 e. The van der Waals surface area contributed by atoms with Crippen LogP contribution in [0.1, 0.15) is 67.1 Å². The third-order valence-corrected chi connectivity index (χ3v) is 9.76. The van der Waals surface area contributed by atoms with Gasteiger partial charge in [-0.3, -0.25) is 0 Å². The molecule has 4 bridgehead atoms. The van der Waals surface area contributed by atoms with Gasteiger partial charge in [0.25, 0.3) is 10.0 Å². The Morgan fingerprint density at radius 1 is 1.00 bits per heavy atom. The Balaban J connectivity index is 1.45. The zero-order chi connectivity index (χ0) is 31.0. The van der Waals surface area contributed by atoms with Gasteiger partial charge in [0.1, 0.15) is 5.82 Å². The highest BCUT2D eigenvalue weighted by atomic mass is 32.2. The van der Waals surface area contributed by atoms with Crippen LogP contribution in [0.4, 0.5) is 5.95 Å². The van der Waals surface area contributed by atoms with Gasteiger partial charge in [-0.2, -0.15) is 4.98 Å². The molecular weight excluding hydrogens is 574 g/mol. The average molecular weight is 614 g/mol. The van der Waals surface area contributed by atoms with Crippen molar-refractivity contribution in [2.45, 2.75) is 77.2 Å². The fourth-order valence-electron chi connectivity index (χ4n) is 6.06. The molecule has 3 heterocycles. The molecule has 2 atom stereocenters. The summed E-state index contributed by atoms with van der Waals surface area (Å²) in [6, 6.07) is 13.2. The van der Waals surface area contributed by atoms with Crippen molar-refractivity contribution in [1.29, 1.82) is 0 Å². The summed E-state index contributed by atoms with van der Waals surface area (Å²) in [5.74, 6) is 2.26. The molecule has 1 unspecified atom stereocenters. The minimum absolute atomic E-state index is 0.0124. The number of aryl methyl sites for hydroxylation is 2. The van der Waals surface area contributed by atoms with Crippen LogP contribution >= 0.6 is 0 Å². The Labute approximate surface area is 259 Å². The van der Waals surface area contributed by atoms with E-state index in [0.29, 0.717) is 42.1 Å². The van der Waals surface area contributed by atoms with Crippen molar-refractivity contribution in [3.05, 3.63) is 82.9 Å². The highest BCUT2D eigenvalue weighted by Crippen LogP contribution is 2.42. The normalized spacial score (nSPS) is 19.3. The third-order valence-electron chi connectivity index (χ3n) is 8.43. The van der Waals surface area contributed by atoms with Gasteiger partial charge in [-0.1, -0.05) is 43.2 Å². The summed E-state index contributed by atoms with van der Waals surface area (Å²) in [6.45, 7) is 10.3. The molecule has 1 N–H and O–H groups in total. The van der Waals surface area contributed by atoms with Crippen molar-refractivity contribution >= 4 is 16.0 Å². The molecule has 1 fully saturated rings. The van der Waals surface area contributed by atoms with Crippen molar-refractivity contribution < 1.29 is 17.9 Å². The molecule has 1 saturated carbocycles. The van der Waals surface area contributed by atoms with E-state index in [1.807, 2.05) is 58.9 Å². The van der Waals surface area contributed by atoms with E-state index in [4.69, 9.17) is 14.5 Å². The number of nitrogens with one attached hydrogen (secondary N) is 1. The maximum absolute atomic E-state index is 13.7. The number of fused-ring (bicyclic) bond motifs is 4. The number of ether oxygens (including phenoxy) is 2. The summed E-state index contributed by atoms with van der Waals surface area (Å²) in [7, 11) is -4.00. The van der Waals surface area contributed by atoms with Gasteiger partial charge < -0.3 is 9.47 Å². The first-order chi connectivity index (χ1) is 21.1. The number of rotatable bonds is 7. The minimum Gasteiger partial charge on any atom is -0.488 e. The van der Waals surface area contributed by atoms with Gasteiger partial charge in [-0.25, -0.2) is 28.1 Å². The van der Waals surface area contributed by atoms with Crippen LogP contribution in [0.3, 0.4) is 0 Å². The van der Waals surface area contributed by atoms with Crippen molar-refractivity contribution in [1.82, 2.24) is 19.9 Å². The van der Waals surface area contributed by atoms with Gasteiger partial charge in [0.05, 0.1) is 35.7 Å². The zero-order valence-corrected chi connectivity index (χ0v) is 26.7. The second-order valence-electron chi connectivity index (χ2n) is 12.3. The van der Waals surface area contributed by atoms with E-state index in [-0.39, 0.29) is 28.8 Å². The standard InChI is InChI=1S/C34H39N5O4S/c1-20(2)43-27-17-35-30(36-18-27)16-29-25-10-7-11-28(15-25)44(40,41)39-34-37-32(31-21(3)8-6-9-22(31)4)23(5)33(38-34)42-19-26(29)14-24-12-13-24/h6-11,15,17-18,20,24,26,29H,12-14,16,19H2,1-5H3,(H,37,38,39)/t26-,29?/m1/s1. The van der Waals surface area contributed by atoms with E-state index in [1.165, 1.54) is 12.8 Å². The van der Waals surface area contributed by atoms with Crippen LogP contribution < -0.4 is 14.2 Å². The van der Waals surface area contributed by atoms with E-state index in [0.717, 1.165) is 34.2 Å². The predicted molar refractivity (Wildman–Crippen MR) is 169 cm³/mol. The van der Waals surface area contributed by atoms with Crippen molar-refractivity contribution in [2.24, 2.45) is 11.8 Å². The lowest BCUT2D eigenvalue weighted by molar-refractivity contribution is 0.199. The fraction of sp³-hybridized carbons (Fsp3) is 0.412. The summed E-state index contributed by atoms with van der Waals surface area (Å²) in [5.41, 5.74) is 5.36. The van der Waals surface area contributed by atoms with Crippen molar-refractivity contribution in [3.8, 4) is 22.9 Å². The summed E-state index contributed by atoms with van der Waals surface area (Å²) in [6.07, 6.45) is 7.29. The number of anilines is 1. The quantitative estimate of drug-likeness (QED) is 0.248. The number of hydrogen-bond donors (Lipinski definition) is 1. The molecule has 2 aliphatic rings. The minimum atomic E-state index is -4.00. The van der Waals surface area contributed by atoms with Gasteiger partial charge in [-0.05, 0) is 81.7 Å². The monoisotopic (exact) mass is 613 g/mol. The molecule has 44 heavy (non-hydrogen) atoms. The van der Waals surface area contributed by atoms with Crippen LogP contribution in [-0.2, 0) is 16.4 Å². The predicted octanol–water partition coefficient (Wildman–Crippen LogP) is 6.58. The lowest BCUT2D eigenvalue weighted by atomic mass is 9.80. The van der Waals surface area contributed by atoms with Crippen LogP contribution in [0.15, 0.2) is 59.8 Å². The van der Waals surface area contributed by atoms with Crippen LogP contribution in [-0.4, -0.2) is 41.1 Å². The maximum Gasteiger partial charge on any atom is 0.264 e. The Morgan fingerprint density at radius 2 is 1.70 bits per heavy atom. The molecule has 4 aromatic rings. The number of benzene rings is 2. The average Bonchev–Trinajstić information content (AvgIpc) is 3.80. The maximum atomic E-state index is 13.7. The molecule has 6 rings (SSSR count). The summed E-state index contributed by atoms with van der Waals surface area (Å²) < 4.78 is 42.4. The molecule has 230 valence electrons. The molecule has 0 amide bonds. The number of aromatic nitrogens is 4. The van der Waals surface area contributed by atoms with E-state index >= 15 is 0 Å². The molecule has 1 aliphatic carbocycles. The van der Waals surface area contributed by atoms with Crippen LogP contribution in [0, 0.1) is 32.6 Å². The first kappa shape index (κ1) is 30.0. The Kier molecular flexibility index (Phi) is 8.28. The third kappa shape index (κ3) is 6.55. The first-order valence-electron chi connectivity index (χ1n) is 15.3. The van der Waals surface area contributed by atoms with Gasteiger partial charge in [-0.15, -0.1) is 0 Å². The Bertz CT molecular complexity index is 1750. The summed E-state index contributed by atoms with van der Waals surface area (Å²) >= 11 is 0. The van der Waals surface area contributed by atoms with Gasteiger partial charge >= 0.3 is 0 Å². The van der Waals surface area contributed by atoms with E-state index in [2.05, 4.69) is 19.7 Å². The van der Waals surface area contributed by atoms with E-state index in [9.17, 15) is 8.42 Å². The molecular formula is C34H39N5O4S. The topological polar surface area (TPSA) is 116 Å². The summed E-state index contributed by atoms with van der Waals surface area (Å²) in [4.78, 5) is 18.7. The molecule has 10 heteroatoms. The highest BCUT2D eigenvalue weighted by Gasteiger charge is 2.34. The Morgan fingerprint density at radius 3 is 2.39 bits per heavy atom. The van der Waals surface area contributed by atoms with Crippen LogP contribution in [0.25, 0.3) is 11.3 Å². The Hall–Kier alpha value is -4.05. The van der Waals surface area contributed by atoms with Crippen LogP contribution in [0.2, 0.25) is 0 Å². The molecule has 9 nitrogen and oxygen atoms in total. The zero-order valence-electron chi connectivity index (χ0n) is 25.9. The van der Waals surface area contributed by atoms with E-state index in [1.54, 1.807) is 30.6 Å². The number of nitrogens with zero attached hydrogens (tertiary/aromatic N) is 4. The molecule has 1 aliphatic heterocycles. The molecule has 0 saturated heterocycles. The van der Waals surface area contributed by atoms with Gasteiger partial charge in [0.15, 0.2) is 5.75 Å². The highest BCUT2D eigenvalue weighted by molar-refractivity contribution is 7.92. The van der Waals surface area contributed by atoms with Gasteiger partial charge in [0, 0.05) is 23.5 Å². The molecule has 2 aromatic heterocycles. The summed E-state index contributed by atoms with van der Waals surface area (Å²) in [5, 5.41) is 0. The lowest BCUT2D eigenvalue weighted by Gasteiger charge is -2.29. The largest absolute Gasteiger partial charge is 0.488 e. The van der Waals surface area contributed by atoms with Gasteiger partial charge in [0.2, 0.25) is 11.8 Å². The molecule has 0 spiro atoms. The fourth-order valence-corrected chi connectivity index (χ4v) is 7.05. The molecule has 2 aromatic carbocycles.